The van der Waals surface area contributed by atoms with Gasteiger partial charge in [0.2, 0.25) is 0 Å². The maximum Gasteiger partial charge on any atom is 0.280 e. The van der Waals surface area contributed by atoms with Crippen LogP contribution in [-0.2, 0) is 0 Å². The van der Waals surface area contributed by atoms with Crippen molar-refractivity contribution in [3.8, 4) is 5.75 Å². The van der Waals surface area contributed by atoms with Gasteiger partial charge in [-0.25, -0.2) is 4.39 Å². The molecule has 0 aliphatic heterocycles. The second-order valence-corrected chi connectivity index (χ2v) is 3.02. The molecule has 0 spiro atoms. The topological polar surface area (TPSA) is 63.4 Å². The van der Waals surface area contributed by atoms with Gasteiger partial charge in [0.25, 0.3) is 5.69 Å². The molecule has 0 amide bonds. The van der Waals surface area contributed by atoms with E-state index in [1.165, 1.54) is 18.2 Å². The summed E-state index contributed by atoms with van der Waals surface area (Å²) in [6.07, 6.45) is 0. The van der Waals surface area contributed by atoms with Crippen LogP contribution in [0.25, 0.3) is 10.8 Å². The first kappa shape index (κ1) is 9.39. The molecule has 0 aromatic heterocycles. The van der Waals surface area contributed by atoms with Gasteiger partial charge in [-0.15, -0.1) is 0 Å². The zero-order valence-electron chi connectivity index (χ0n) is 7.48. The normalized spacial score (nSPS) is 10.5. The molecule has 0 radical (unpaired) electrons. The van der Waals surface area contributed by atoms with E-state index in [0.29, 0.717) is 0 Å². The number of hydrogen-bond donors (Lipinski definition) is 1. The first-order valence-electron chi connectivity index (χ1n) is 4.16. The Morgan fingerprint density at radius 2 is 2.00 bits per heavy atom. The Morgan fingerprint density at radius 1 is 1.27 bits per heavy atom. The van der Waals surface area contributed by atoms with Crippen LogP contribution in [0.1, 0.15) is 0 Å². The molecule has 0 saturated heterocycles. The largest absolute Gasteiger partial charge is 0.507 e. The second kappa shape index (κ2) is 3.20. The van der Waals surface area contributed by atoms with Crippen molar-refractivity contribution in [3.05, 3.63) is 46.3 Å². The van der Waals surface area contributed by atoms with Crippen LogP contribution in [0, 0.1) is 15.9 Å². The van der Waals surface area contributed by atoms with Crippen LogP contribution in [0.3, 0.4) is 0 Å². The summed E-state index contributed by atoms with van der Waals surface area (Å²) in [6, 6.07) is 6.21. The van der Waals surface area contributed by atoms with Crippen LogP contribution in [-0.4, -0.2) is 10.0 Å². The average molecular weight is 207 g/mol. The van der Waals surface area contributed by atoms with Gasteiger partial charge in [-0.05, 0) is 12.1 Å². The highest BCUT2D eigenvalue weighted by atomic mass is 19.1. The van der Waals surface area contributed by atoms with E-state index in [-0.39, 0.29) is 22.2 Å². The van der Waals surface area contributed by atoms with Crippen LogP contribution < -0.4 is 0 Å². The average Bonchev–Trinajstić information content (AvgIpc) is 2.19. The van der Waals surface area contributed by atoms with E-state index >= 15 is 0 Å². The second-order valence-electron chi connectivity index (χ2n) is 3.02. The van der Waals surface area contributed by atoms with E-state index in [1.807, 2.05) is 0 Å². The first-order chi connectivity index (χ1) is 7.11. The first-order valence-corrected chi connectivity index (χ1v) is 4.16. The molecular formula is C10H6FNO3. The van der Waals surface area contributed by atoms with Crippen LogP contribution in [0.2, 0.25) is 0 Å². The third-order valence-corrected chi connectivity index (χ3v) is 2.14. The highest BCUT2D eigenvalue weighted by Gasteiger charge is 2.17. The Hall–Kier alpha value is -2.17. The number of aromatic hydroxyl groups is 1. The number of benzene rings is 2. The maximum absolute atomic E-state index is 13.4. The summed E-state index contributed by atoms with van der Waals surface area (Å²) in [5, 5.41) is 20.0. The van der Waals surface area contributed by atoms with Crippen LogP contribution >= 0.6 is 0 Å². The number of nitrogens with zero attached hydrogens (tertiary/aromatic N) is 1. The third kappa shape index (κ3) is 1.38. The van der Waals surface area contributed by atoms with Crippen molar-refractivity contribution < 1.29 is 14.4 Å². The predicted molar refractivity (Wildman–Crippen MR) is 52.2 cm³/mol. The Kier molecular flexibility index (Phi) is 2.00. The summed E-state index contributed by atoms with van der Waals surface area (Å²) >= 11 is 0. The molecule has 2 aromatic rings. The number of fused-ring (bicyclic) bond motifs is 1. The van der Waals surface area contributed by atoms with E-state index in [1.54, 1.807) is 0 Å². The zero-order chi connectivity index (χ0) is 11.0. The minimum Gasteiger partial charge on any atom is -0.507 e. The fourth-order valence-corrected chi connectivity index (χ4v) is 1.48. The van der Waals surface area contributed by atoms with E-state index in [2.05, 4.69) is 0 Å². The van der Waals surface area contributed by atoms with Gasteiger partial charge in [-0.3, -0.25) is 10.1 Å². The molecule has 1 N–H and O–H groups in total. The number of non-ortho nitro benzene ring substituents is 1. The van der Waals surface area contributed by atoms with Gasteiger partial charge in [0.05, 0.1) is 10.3 Å². The van der Waals surface area contributed by atoms with Crippen LogP contribution in [0.15, 0.2) is 30.3 Å². The summed E-state index contributed by atoms with van der Waals surface area (Å²) < 4.78 is 13.4. The van der Waals surface area contributed by atoms with E-state index in [4.69, 9.17) is 0 Å². The van der Waals surface area contributed by atoms with Crippen molar-refractivity contribution in [2.75, 3.05) is 0 Å². The van der Waals surface area contributed by atoms with Crippen LogP contribution in [0.4, 0.5) is 10.1 Å². The predicted octanol–water partition coefficient (Wildman–Crippen LogP) is 2.59. The lowest BCUT2D eigenvalue weighted by atomic mass is 10.1. The summed E-state index contributed by atoms with van der Waals surface area (Å²) in [5.74, 6) is -0.884. The van der Waals surface area contributed by atoms with Gasteiger partial charge >= 0.3 is 0 Å². The van der Waals surface area contributed by atoms with E-state index < -0.39 is 10.7 Å². The van der Waals surface area contributed by atoms with Gasteiger partial charge in [0, 0.05) is 11.5 Å². The van der Waals surface area contributed by atoms with Crippen LogP contribution in [0.5, 0.6) is 5.75 Å². The molecule has 76 valence electrons. The molecule has 0 bridgehead atoms. The Morgan fingerprint density at radius 3 is 2.67 bits per heavy atom. The number of hydrogen-bond acceptors (Lipinski definition) is 3. The van der Waals surface area contributed by atoms with Crippen molar-refractivity contribution in [3.63, 3.8) is 0 Å². The molecule has 0 saturated carbocycles. The molecule has 0 fully saturated rings. The number of phenolic OH excluding ortho intramolecular Hbond substituents is 1. The number of nitro benzene ring substituents is 1. The molecule has 5 heteroatoms. The summed E-state index contributed by atoms with van der Waals surface area (Å²) in [7, 11) is 0. The SMILES string of the molecule is O=[N+]([O-])c1ccc(O)c2cccc(F)c12. The molecule has 2 aromatic carbocycles. The van der Waals surface area contributed by atoms with Crippen molar-refractivity contribution in [2.45, 2.75) is 0 Å². The molecule has 0 aliphatic rings. The Bertz CT molecular complexity index is 554. The van der Waals surface area contributed by atoms with Crippen molar-refractivity contribution in [2.24, 2.45) is 0 Å². The Labute approximate surface area is 83.7 Å². The van der Waals surface area contributed by atoms with Crippen molar-refractivity contribution in [1.29, 1.82) is 0 Å². The fourth-order valence-electron chi connectivity index (χ4n) is 1.48. The summed E-state index contributed by atoms with van der Waals surface area (Å²) in [6.45, 7) is 0. The molecule has 15 heavy (non-hydrogen) atoms. The highest BCUT2D eigenvalue weighted by molar-refractivity contribution is 5.95. The van der Waals surface area contributed by atoms with Gasteiger partial charge in [-0.1, -0.05) is 12.1 Å². The molecular weight excluding hydrogens is 201 g/mol. The monoisotopic (exact) mass is 207 g/mol. The summed E-state index contributed by atoms with van der Waals surface area (Å²) in [5.41, 5.74) is -0.346. The number of nitro groups is 1. The highest BCUT2D eigenvalue weighted by Crippen LogP contribution is 2.33. The minimum absolute atomic E-state index is 0.143. The lowest BCUT2D eigenvalue weighted by Gasteiger charge is -2.02. The zero-order valence-corrected chi connectivity index (χ0v) is 7.48. The number of rotatable bonds is 1. The lowest BCUT2D eigenvalue weighted by Crippen LogP contribution is -1.91. The number of phenols is 1. The van der Waals surface area contributed by atoms with Crippen molar-refractivity contribution >= 4 is 16.5 Å². The third-order valence-electron chi connectivity index (χ3n) is 2.14. The molecule has 0 heterocycles. The lowest BCUT2D eigenvalue weighted by molar-refractivity contribution is -0.383. The number of halogens is 1. The minimum atomic E-state index is -0.713. The fraction of sp³-hybridized carbons (Fsp3) is 0. The molecule has 0 unspecified atom stereocenters. The molecule has 4 nitrogen and oxygen atoms in total. The quantitative estimate of drug-likeness (QED) is 0.577. The van der Waals surface area contributed by atoms with E-state index in [9.17, 15) is 19.6 Å². The Balaban J connectivity index is 2.96. The standard InChI is InChI=1S/C10H6FNO3/c11-7-3-1-2-6-9(13)5-4-8(10(6)7)12(14)15/h1-5,13H. The van der Waals surface area contributed by atoms with Gasteiger partial charge in [0.1, 0.15) is 11.6 Å². The van der Waals surface area contributed by atoms with E-state index in [0.717, 1.165) is 12.1 Å². The van der Waals surface area contributed by atoms with Gasteiger partial charge < -0.3 is 5.11 Å². The van der Waals surface area contributed by atoms with Crippen molar-refractivity contribution in [1.82, 2.24) is 0 Å². The molecule has 2 rings (SSSR count). The molecule has 0 atom stereocenters. The summed E-state index contributed by atoms with van der Waals surface area (Å²) in [4.78, 5) is 9.96. The van der Waals surface area contributed by atoms with Gasteiger partial charge in [-0.2, -0.15) is 0 Å². The maximum atomic E-state index is 13.4. The van der Waals surface area contributed by atoms with Gasteiger partial charge in [0.15, 0.2) is 0 Å². The molecule has 0 aliphatic carbocycles. The smallest absolute Gasteiger partial charge is 0.280 e.